The number of hydrogen-bond donors (Lipinski definition) is 1. The van der Waals surface area contributed by atoms with E-state index in [-0.39, 0.29) is 16.9 Å². The highest BCUT2D eigenvalue weighted by molar-refractivity contribution is 5.98. The Balaban J connectivity index is 2.98. The van der Waals surface area contributed by atoms with Crippen LogP contribution in [0.5, 0.6) is 0 Å². The van der Waals surface area contributed by atoms with Crippen molar-refractivity contribution in [2.75, 3.05) is 5.73 Å². The quantitative estimate of drug-likeness (QED) is 0.434. The zero-order chi connectivity index (χ0) is 11.9. The minimum atomic E-state index is -0.609. The number of aryl methyl sites for hydroxylation is 1. The van der Waals surface area contributed by atoms with E-state index in [1.165, 1.54) is 16.9 Å². The van der Waals surface area contributed by atoms with Crippen molar-refractivity contribution in [1.29, 1.82) is 5.26 Å². The van der Waals surface area contributed by atoms with Crippen LogP contribution in [0.3, 0.4) is 0 Å². The van der Waals surface area contributed by atoms with E-state index in [4.69, 9.17) is 11.0 Å². The van der Waals surface area contributed by atoms with E-state index in [9.17, 15) is 10.1 Å². The van der Waals surface area contributed by atoms with E-state index in [1.54, 1.807) is 7.05 Å². The van der Waals surface area contributed by atoms with Gasteiger partial charge in [0.05, 0.1) is 22.2 Å². The van der Waals surface area contributed by atoms with Crippen LogP contribution in [0.25, 0.3) is 10.9 Å². The van der Waals surface area contributed by atoms with Gasteiger partial charge < -0.3 is 5.73 Å². The molecule has 0 radical (unpaired) electrons. The summed E-state index contributed by atoms with van der Waals surface area (Å²) < 4.78 is 1.42. The maximum atomic E-state index is 10.8. The Morgan fingerprint density at radius 1 is 1.69 bits per heavy atom. The zero-order valence-corrected chi connectivity index (χ0v) is 8.34. The molecule has 0 aliphatic heterocycles. The van der Waals surface area contributed by atoms with Gasteiger partial charge in [-0.3, -0.25) is 14.8 Å². The molecule has 16 heavy (non-hydrogen) atoms. The Labute approximate surface area is 89.8 Å². The van der Waals surface area contributed by atoms with Crippen molar-refractivity contribution < 1.29 is 4.92 Å². The first-order valence-corrected chi connectivity index (χ1v) is 4.35. The van der Waals surface area contributed by atoms with Crippen LogP contribution in [-0.2, 0) is 7.05 Å². The van der Waals surface area contributed by atoms with Gasteiger partial charge in [0.1, 0.15) is 11.8 Å². The number of hydrogen-bond acceptors (Lipinski definition) is 5. The summed E-state index contributed by atoms with van der Waals surface area (Å²) in [5, 5.41) is 24.1. The molecule has 0 saturated carbocycles. The Morgan fingerprint density at radius 2 is 2.38 bits per heavy atom. The van der Waals surface area contributed by atoms with Crippen LogP contribution in [0.2, 0.25) is 0 Å². The summed E-state index contributed by atoms with van der Waals surface area (Å²) in [5.41, 5.74) is 6.04. The number of rotatable bonds is 1. The van der Waals surface area contributed by atoms with Gasteiger partial charge in [0.25, 0.3) is 5.69 Å². The third kappa shape index (κ3) is 1.17. The van der Waals surface area contributed by atoms with Gasteiger partial charge in [-0.15, -0.1) is 0 Å². The van der Waals surface area contributed by atoms with Gasteiger partial charge in [-0.1, -0.05) is 0 Å². The molecule has 0 unspecified atom stereocenters. The molecule has 0 saturated heterocycles. The van der Waals surface area contributed by atoms with E-state index >= 15 is 0 Å². The average molecular weight is 217 g/mol. The van der Waals surface area contributed by atoms with E-state index in [0.717, 1.165) is 0 Å². The predicted octanol–water partition coefficient (Wildman–Crippen LogP) is 0.935. The molecule has 7 nitrogen and oxygen atoms in total. The number of nitro benzene ring substituents is 1. The molecular weight excluding hydrogens is 210 g/mol. The first-order chi connectivity index (χ1) is 7.56. The van der Waals surface area contributed by atoms with Crippen LogP contribution in [0, 0.1) is 21.4 Å². The normalized spacial score (nSPS) is 10.2. The fourth-order valence-electron chi connectivity index (χ4n) is 1.61. The molecule has 0 bridgehead atoms. The summed E-state index contributed by atoms with van der Waals surface area (Å²) >= 11 is 0. The molecular formula is C9H7N5O2. The highest BCUT2D eigenvalue weighted by atomic mass is 16.6. The molecule has 0 aliphatic rings. The smallest absolute Gasteiger partial charge is 0.295 e. The van der Waals surface area contributed by atoms with Gasteiger partial charge in [-0.25, -0.2) is 0 Å². The molecule has 0 spiro atoms. The Hall–Kier alpha value is -2.62. The van der Waals surface area contributed by atoms with Crippen molar-refractivity contribution in [2.45, 2.75) is 0 Å². The summed E-state index contributed by atoms with van der Waals surface area (Å²) in [4.78, 5) is 10.1. The number of benzene rings is 1. The van der Waals surface area contributed by atoms with E-state index < -0.39 is 4.92 Å². The third-order valence-corrected chi connectivity index (χ3v) is 2.36. The van der Waals surface area contributed by atoms with Crippen molar-refractivity contribution in [3.05, 3.63) is 27.9 Å². The highest BCUT2D eigenvalue weighted by Crippen LogP contribution is 2.32. The van der Waals surface area contributed by atoms with Gasteiger partial charge in [0.15, 0.2) is 0 Å². The fraction of sp³-hybridized carbons (Fsp3) is 0.111. The second-order valence-electron chi connectivity index (χ2n) is 3.26. The lowest BCUT2D eigenvalue weighted by Gasteiger charge is -2.02. The van der Waals surface area contributed by atoms with Gasteiger partial charge in [-0.05, 0) is 0 Å². The van der Waals surface area contributed by atoms with Crippen molar-refractivity contribution >= 4 is 22.3 Å². The number of nitro groups is 1. The Kier molecular flexibility index (Phi) is 1.98. The molecule has 2 N–H and O–H groups in total. The van der Waals surface area contributed by atoms with Crippen LogP contribution < -0.4 is 5.73 Å². The number of nitrogens with zero attached hydrogens (tertiary/aromatic N) is 4. The van der Waals surface area contributed by atoms with Crippen LogP contribution in [0.4, 0.5) is 11.4 Å². The Morgan fingerprint density at radius 3 is 2.94 bits per heavy atom. The number of nitriles is 1. The molecule has 0 atom stereocenters. The van der Waals surface area contributed by atoms with E-state index in [2.05, 4.69) is 5.10 Å². The third-order valence-electron chi connectivity index (χ3n) is 2.36. The molecule has 80 valence electrons. The number of fused-ring (bicyclic) bond motifs is 1. The summed E-state index contributed by atoms with van der Waals surface area (Å²) in [5.74, 6) is 0. The van der Waals surface area contributed by atoms with Crippen LogP contribution in [-0.4, -0.2) is 14.7 Å². The largest absolute Gasteiger partial charge is 0.391 e. The molecule has 0 amide bonds. The Bertz CT molecular complexity index is 637. The van der Waals surface area contributed by atoms with Gasteiger partial charge >= 0.3 is 0 Å². The van der Waals surface area contributed by atoms with Gasteiger partial charge in [0, 0.05) is 18.5 Å². The van der Waals surface area contributed by atoms with Crippen LogP contribution in [0.15, 0.2) is 12.3 Å². The number of nitrogen functional groups attached to an aromatic ring is 1. The summed E-state index contributed by atoms with van der Waals surface area (Å²) in [6.45, 7) is 0. The first kappa shape index (κ1) is 9.92. The summed E-state index contributed by atoms with van der Waals surface area (Å²) in [7, 11) is 1.61. The lowest BCUT2D eigenvalue weighted by molar-refractivity contribution is -0.383. The van der Waals surface area contributed by atoms with Crippen molar-refractivity contribution in [1.82, 2.24) is 9.78 Å². The lowest BCUT2D eigenvalue weighted by atomic mass is 10.1. The number of nitrogens with two attached hydrogens (primary N) is 1. The molecule has 1 aromatic heterocycles. The monoisotopic (exact) mass is 217 g/mol. The fourth-order valence-corrected chi connectivity index (χ4v) is 1.61. The summed E-state index contributed by atoms with van der Waals surface area (Å²) in [6.07, 6.45) is 1.47. The average Bonchev–Trinajstić information content (AvgIpc) is 2.62. The minimum Gasteiger partial charge on any atom is -0.391 e. The van der Waals surface area contributed by atoms with Gasteiger partial charge in [-0.2, -0.15) is 10.4 Å². The predicted molar refractivity (Wildman–Crippen MR) is 56.5 cm³/mol. The number of anilines is 1. The van der Waals surface area contributed by atoms with Crippen molar-refractivity contribution in [3.63, 3.8) is 0 Å². The van der Waals surface area contributed by atoms with Crippen molar-refractivity contribution in [2.24, 2.45) is 7.05 Å². The topological polar surface area (TPSA) is 111 Å². The minimum absolute atomic E-state index is 0.0269. The molecule has 0 aliphatic carbocycles. The SMILES string of the molecule is Cn1ncc2c(C#N)cc([N+](=O)[O-])c(N)c21. The molecule has 1 aromatic carbocycles. The van der Waals surface area contributed by atoms with E-state index in [0.29, 0.717) is 10.9 Å². The molecule has 2 rings (SSSR count). The van der Waals surface area contributed by atoms with E-state index in [1.807, 2.05) is 6.07 Å². The highest BCUT2D eigenvalue weighted by Gasteiger charge is 2.20. The lowest BCUT2D eigenvalue weighted by Crippen LogP contribution is -2.00. The first-order valence-electron chi connectivity index (χ1n) is 4.35. The maximum absolute atomic E-state index is 10.8. The number of aromatic nitrogens is 2. The second kappa shape index (κ2) is 3.20. The molecule has 1 heterocycles. The van der Waals surface area contributed by atoms with Crippen LogP contribution in [0.1, 0.15) is 5.56 Å². The summed E-state index contributed by atoms with van der Waals surface area (Å²) in [6, 6.07) is 3.06. The standard InChI is InChI=1S/C9H7N5O2/c1-13-9-6(4-12-13)5(3-10)2-7(8(9)11)14(15)16/h2,4H,11H2,1H3. The van der Waals surface area contributed by atoms with Crippen molar-refractivity contribution in [3.8, 4) is 6.07 Å². The molecule has 0 fully saturated rings. The molecule has 2 aromatic rings. The van der Waals surface area contributed by atoms with Crippen LogP contribution >= 0.6 is 0 Å². The maximum Gasteiger partial charge on any atom is 0.295 e. The van der Waals surface area contributed by atoms with Gasteiger partial charge in [0.2, 0.25) is 0 Å². The zero-order valence-electron chi connectivity index (χ0n) is 8.34. The second-order valence-corrected chi connectivity index (χ2v) is 3.26. The molecule has 7 heteroatoms.